The van der Waals surface area contributed by atoms with Crippen LogP contribution in [0.2, 0.25) is 0 Å². The number of amides is 2. The van der Waals surface area contributed by atoms with Gasteiger partial charge in [0.15, 0.2) is 11.5 Å². The zero-order valence-corrected chi connectivity index (χ0v) is 15.5. The van der Waals surface area contributed by atoms with Gasteiger partial charge in [0, 0.05) is 18.7 Å². The molecule has 4 rings (SSSR count). The van der Waals surface area contributed by atoms with E-state index in [9.17, 15) is 9.59 Å². The van der Waals surface area contributed by atoms with Crippen LogP contribution in [0.5, 0.6) is 17.2 Å². The van der Waals surface area contributed by atoms with Crippen LogP contribution in [-0.4, -0.2) is 56.2 Å². The average molecular weight is 397 g/mol. The van der Waals surface area contributed by atoms with Crippen LogP contribution in [0.25, 0.3) is 0 Å². The van der Waals surface area contributed by atoms with Gasteiger partial charge in [0.25, 0.3) is 5.91 Å². The molecule has 1 saturated heterocycles. The summed E-state index contributed by atoms with van der Waals surface area (Å²) in [5, 5.41) is 3.95. The van der Waals surface area contributed by atoms with E-state index in [4.69, 9.17) is 18.9 Å². The lowest BCUT2D eigenvalue weighted by Gasteiger charge is -2.25. The van der Waals surface area contributed by atoms with Crippen molar-refractivity contribution in [3.63, 3.8) is 0 Å². The smallest absolute Gasteiger partial charge is 0.415 e. The summed E-state index contributed by atoms with van der Waals surface area (Å²) in [5.74, 6) is 1.21. The molecule has 2 amide bonds. The van der Waals surface area contributed by atoms with Gasteiger partial charge in [0.1, 0.15) is 5.75 Å². The molecule has 2 aliphatic heterocycles. The molecular formula is C20H19N3O6. The van der Waals surface area contributed by atoms with Gasteiger partial charge in [-0.2, -0.15) is 5.10 Å². The molecule has 1 fully saturated rings. The molecular weight excluding hydrogens is 378 g/mol. The van der Waals surface area contributed by atoms with Crippen LogP contribution in [0.15, 0.2) is 47.6 Å². The van der Waals surface area contributed by atoms with Crippen LogP contribution in [0, 0.1) is 0 Å². The standard InChI is InChI=1S/C20H19N3O6/c24-19(15-3-6-17-18(11-15)28-13-27-17)22-21-12-14-1-4-16(5-2-14)29-20(25)23-7-9-26-10-8-23/h1-6,11-12H,7-10,13H2,(H,22,24)/b21-12-. The second kappa shape index (κ2) is 8.61. The van der Waals surface area contributed by atoms with E-state index >= 15 is 0 Å². The van der Waals surface area contributed by atoms with E-state index in [2.05, 4.69) is 10.5 Å². The highest BCUT2D eigenvalue weighted by molar-refractivity contribution is 5.95. The molecule has 0 aliphatic carbocycles. The summed E-state index contributed by atoms with van der Waals surface area (Å²) < 4.78 is 21.0. The molecule has 0 saturated carbocycles. The molecule has 2 aromatic rings. The third kappa shape index (κ3) is 4.64. The molecule has 2 aromatic carbocycles. The average Bonchev–Trinajstić information content (AvgIpc) is 3.23. The minimum Gasteiger partial charge on any atom is -0.454 e. The molecule has 0 spiro atoms. The Kier molecular flexibility index (Phi) is 5.57. The lowest BCUT2D eigenvalue weighted by Crippen LogP contribution is -2.42. The van der Waals surface area contributed by atoms with Crippen molar-refractivity contribution in [2.75, 3.05) is 33.1 Å². The van der Waals surface area contributed by atoms with Crippen molar-refractivity contribution in [2.24, 2.45) is 5.10 Å². The first-order valence-electron chi connectivity index (χ1n) is 9.07. The molecule has 2 aliphatic rings. The van der Waals surface area contributed by atoms with Gasteiger partial charge in [0.05, 0.1) is 19.4 Å². The predicted molar refractivity (Wildman–Crippen MR) is 102 cm³/mol. The Bertz CT molecular complexity index is 922. The number of fused-ring (bicyclic) bond motifs is 1. The normalized spacial score (nSPS) is 15.4. The Morgan fingerprint density at radius 3 is 2.59 bits per heavy atom. The summed E-state index contributed by atoms with van der Waals surface area (Å²) in [4.78, 5) is 25.8. The molecule has 1 N–H and O–H groups in total. The SMILES string of the molecule is O=C(N/N=C\c1ccc(OC(=O)N2CCOCC2)cc1)c1ccc2c(c1)OCO2. The van der Waals surface area contributed by atoms with Gasteiger partial charge in [-0.3, -0.25) is 4.79 Å². The van der Waals surface area contributed by atoms with Crippen LogP contribution in [0.4, 0.5) is 4.79 Å². The first kappa shape index (κ1) is 18.8. The molecule has 150 valence electrons. The fourth-order valence-corrected chi connectivity index (χ4v) is 2.80. The Morgan fingerprint density at radius 2 is 1.79 bits per heavy atom. The first-order chi connectivity index (χ1) is 14.2. The number of nitrogens with one attached hydrogen (secondary N) is 1. The van der Waals surface area contributed by atoms with E-state index in [1.165, 1.54) is 6.21 Å². The van der Waals surface area contributed by atoms with Crippen LogP contribution in [0.3, 0.4) is 0 Å². The fraction of sp³-hybridized carbons (Fsp3) is 0.250. The zero-order valence-electron chi connectivity index (χ0n) is 15.5. The first-order valence-corrected chi connectivity index (χ1v) is 9.07. The van der Waals surface area contributed by atoms with Crippen molar-refractivity contribution < 1.29 is 28.5 Å². The van der Waals surface area contributed by atoms with E-state index in [1.54, 1.807) is 47.4 Å². The minimum atomic E-state index is -0.397. The number of carbonyl (C=O) groups is 2. The van der Waals surface area contributed by atoms with Gasteiger partial charge < -0.3 is 23.8 Å². The molecule has 0 unspecified atom stereocenters. The number of hydrogen-bond donors (Lipinski definition) is 1. The van der Waals surface area contributed by atoms with Gasteiger partial charge in [-0.25, -0.2) is 10.2 Å². The summed E-state index contributed by atoms with van der Waals surface area (Å²) in [6.45, 7) is 2.22. The molecule has 0 bridgehead atoms. The summed E-state index contributed by atoms with van der Waals surface area (Å²) >= 11 is 0. The summed E-state index contributed by atoms with van der Waals surface area (Å²) in [6.07, 6.45) is 1.10. The fourth-order valence-electron chi connectivity index (χ4n) is 2.80. The third-order valence-electron chi connectivity index (χ3n) is 4.37. The van der Waals surface area contributed by atoms with E-state index in [0.717, 1.165) is 5.56 Å². The van der Waals surface area contributed by atoms with E-state index in [0.29, 0.717) is 49.1 Å². The topological polar surface area (TPSA) is 98.7 Å². The number of carbonyl (C=O) groups excluding carboxylic acids is 2. The number of rotatable bonds is 4. The van der Waals surface area contributed by atoms with E-state index < -0.39 is 6.09 Å². The van der Waals surface area contributed by atoms with Crippen molar-refractivity contribution in [3.05, 3.63) is 53.6 Å². The summed E-state index contributed by atoms with van der Waals surface area (Å²) in [6, 6.07) is 11.7. The Balaban J connectivity index is 1.29. The van der Waals surface area contributed by atoms with Crippen LogP contribution >= 0.6 is 0 Å². The van der Waals surface area contributed by atoms with Gasteiger partial charge in [-0.05, 0) is 48.0 Å². The largest absolute Gasteiger partial charge is 0.454 e. The number of benzene rings is 2. The van der Waals surface area contributed by atoms with Crippen molar-refractivity contribution >= 4 is 18.2 Å². The van der Waals surface area contributed by atoms with Crippen molar-refractivity contribution in [1.82, 2.24) is 10.3 Å². The third-order valence-corrected chi connectivity index (χ3v) is 4.37. The predicted octanol–water partition coefficient (Wildman–Crippen LogP) is 2.01. The monoisotopic (exact) mass is 397 g/mol. The number of ether oxygens (including phenoxy) is 4. The quantitative estimate of drug-likeness (QED) is 0.626. The highest BCUT2D eigenvalue weighted by atomic mass is 16.7. The highest BCUT2D eigenvalue weighted by Crippen LogP contribution is 2.32. The maximum Gasteiger partial charge on any atom is 0.415 e. The van der Waals surface area contributed by atoms with Crippen molar-refractivity contribution in [2.45, 2.75) is 0 Å². The Hall–Kier alpha value is -3.59. The molecule has 9 heteroatoms. The molecule has 9 nitrogen and oxygen atoms in total. The maximum atomic E-state index is 12.2. The molecule has 0 radical (unpaired) electrons. The summed E-state index contributed by atoms with van der Waals surface area (Å²) in [5.41, 5.74) is 3.61. The number of nitrogens with zero attached hydrogens (tertiary/aromatic N) is 2. The molecule has 29 heavy (non-hydrogen) atoms. The molecule has 0 aromatic heterocycles. The van der Waals surface area contributed by atoms with Gasteiger partial charge in [-0.1, -0.05) is 0 Å². The Labute approximate surface area is 166 Å². The highest BCUT2D eigenvalue weighted by Gasteiger charge is 2.18. The second-order valence-corrected chi connectivity index (χ2v) is 6.30. The van der Waals surface area contributed by atoms with Crippen LogP contribution < -0.4 is 19.6 Å². The number of hydrazone groups is 1. The van der Waals surface area contributed by atoms with Gasteiger partial charge in [-0.15, -0.1) is 0 Å². The van der Waals surface area contributed by atoms with Crippen molar-refractivity contribution in [1.29, 1.82) is 0 Å². The maximum absolute atomic E-state index is 12.2. The van der Waals surface area contributed by atoms with E-state index in [1.807, 2.05) is 0 Å². The number of morpholine rings is 1. The van der Waals surface area contributed by atoms with Gasteiger partial charge in [0.2, 0.25) is 6.79 Å². The van der Waals surface area contributed by atoms with E-state index in [-0.39, 0.29) is 12.7 Å². The second-order valence-electron chi connectivity index (χ2n) is 6.30. The van der Waals surface area contributed by atoms with Crippen LogP contribution in [0.1, 0.15) is 15.9 Å². The lowest BCUT2D eigenvalue weighted by molar-refractivity contribution is 0.0416. The zero-order chi connectivity index (χ0) is 20.1. The minimum absolute atomic E-state index is 0.149. The van der Waals surface area contributed by atoms with Gasteiger partial charge >= 0.3 is 6.09 Å². The van der Waals surface area contributed by atoms with Crippen LogP contribution in [-0.2, 0) is 4.74 Å². The summed E-state index contributed by atoms with van der Waals surface area (Å²) in [7, 11) is 0. The lowest BCUT2D eigenvalue weighted by atomic mass is 10.2. The molecule has 2 heterocycles. The van der Waals surface area contributed by atoms with Crippen molar-refractivity contribution in [3.8, 4) is 17.2 Å². The molecule has 0 atom stereocenters. The number of hydrogen-bond acceptors (Lipinski definition) is 7. The Morgan fingerprint density at radius 1 is 1.03 bits per heavy atom.